The van der Waals surface area contributed by atoms with Gasteiger partial charge in [-0.25, -0.2) is 14.8 Å². The zero-order valence-electron chi connectivity index (χ0n) is 20.5. The molecule has 0 radical (unpaired) electrons. The fourth-order valence-electron chi connectivity index (χ4n) is 4.10. The molecule has 192 valence electrons. The first kappa shape index (κ1) is 25.9. The van der Waals surface area contributed by atoms with Gasteiger partial charge in [-0.1, -0.05) is 17.7 Å². The van der Waals surface area contributed by atoms with E-state index in [0.717, 1.165) is 0 Å². The maximum atomic E-state index is 13.2. The van der Waals surface area contributed by atoms with Crippen molar-refractivity contribution >= 4 is 34.4 Å². The quantitative estimate of drug-likeness (QED) is 0.433. The molecule has 1 saturated heterocycles. The number of rotatable bonds is 3. The summed E-state index contributed by atoms with van der Waals surface area (Å²) in [6, 6.07) is 6.31. The van der Waals surface area contributed by atoms with Gasteiger partial charge in [0.2, 0.25) is 0 Å². The van der Waals surface area contributed by atoms with E-state index < -0.39 is 18.2 Å². The minimum Gasteiger partial charge on any atom is -0.444 e. The number of halogens is 4. The Hall–Kier alpha value is -3.14. The molecule has 0 spiro atoms. The molecule has 1 amide bonds. The van der Waals surface area contributed by atoms with Crippen LogP contribution in [0.3, 0.4) is 0 Å². The summed E-state index contributed by atoms with van der Waals surface area (Å²) in [6.45, 7) is 9.16. The number of aromatic nitrogens is 3. The first-order valence-electron chi connectivity index (χ1n) is 11.5. The molecule has 1 fully saturated rings. The Morgan fingerprint density at radius 2 is 1.78 bits per heavy atom. The van der Waals surface area contributed by atoms with Crippen LogP contribution in [0.1, 0.15) is 32.0 Å². The normalized spacial score (nSPS) is 14.9. The second-order valence-electron chi connectivity index (χ2n) is 9.75. The number of hydrogen-bond acceptors (Lipinski definition) is 6. The van der Waals surface area contributed by atoms with E-state index in [4.69, 9.17) is 16.3 Å². The van der Waals surface area contributed by atoms with Gasteiger partial charge in [0, 0.05) is 42.8 Å². The average Bonchev–Trinajstić information content (AvgIpc) is 2.78. The molecule has 1 aromatic carbocycles. The summed E-state index contributed by atoms with van der Waals surface area (Å²) in [4.78, 5) is 29.2. The smallest absolute Gasteiger partial charge is 0.410 e. The van der Waals surface area contributed by atoms with Crippen LogP contribution in [0.25, 0.3) is 22.2 Å². The van der Waals surface area contributed by atoms with Crippen molar-refractivity contribution in [3.05, 3.63) is 46.9 Å². The molecule has 11 heteroatoms. The summed E-state index contributed by atoms with van der Waals surface area (Å²) in [5.41, 5.74) is 1.16. The van der Waals surface area contributed by atoms with Crippen LogP contribution in [-0.2, 0) is 11.2 Å². The van der Waals surface area contributed by atoms with Crippen molar-refractivity contribution in [1.29, 1.82) is 0 Å². The lowest BCUT2D eigenvalue weighted by molar-refractivity contribution is -0.127. The highest BCUT2D eigenvalue weighted by Gasteiger charge is 2.30. The predicted octanol–water partition coefficient (Wildman–Crippen LogP) is 5.82. The molecule has 1 aliphatic heterocycles. The van der Waals surface area contributed by atoms with Crippen molar-refractivity contribution < 1.29 is 22.7 Å². The highest BCUT2D eigenvalue weighted by molar-refractivity contribution is 6.34. The summed E-state index contributed by atoms with van der Waals surface area (Å²) in [6.07, 6.45) is -4.44. The Labute approximate surface area is 212 Å². The topological polar surface area (TPSA) is 71.5 Å². The lowest BCUT2D eigenvalue weighted by atomic mass is 10.0. The van der Waals surface area contributed by atoms with E-state index in [0.29, 0.717) is 54.2 Å². The number of fused-ring (bicyclic) bond motifs is 1. The Kier molecular flexibility index (Phi) is 7.01. The second kappa shape index (κ2) is 9.72. The number of hydrogen-bond donors (Lipinski definition) is 0. The van der Waals surface area contributed by atoms with Crippen LogP contribution in [0.5, 0.6) is 0 Å². The second-order valence-corrected chi connectivity index (χ2v) is 10.2. The van der Waals surface area contributed by atoms with Crippen LogP contribution in [0.4, 0.5) is 23.8 Å². The number of carbonyl (C=O) groups excluding carboxylic acids is 1. The maximum absolute atomic E-state index is 13.2. The summed E-state index contributed by atoms with van der Waals surface area (Å²) >= 11 is 6.61. The summed E-state index contributed by atoms with van der Waals surface area (Å²) in [5, 5.41) is 0.925. The van der Waals surface area contributed by atoms with E-state index in [1.165, 1.54) is 12.4 Å². The summed E-state index contributed by atoms with van der Waals surface area (Å²) < 4.78 is 45.0. The van der Waals surface area contributed by atoms with Crippen LogP contribution < -0.4 is 4.90 Å². The number of benzene rings is 1. The minimum absolute atomic E-state index is 0.0434. The van der Waals surface area contributed by atoms with E-state index >= 15 is 0 Å². The van der Waals surface area contributed by atoms with Crippen LogP contribution in [-0.4, -0.2) is 63.9 Å². The molecule has 3 heterocycles. The fourth-order valence-corrected chi connectivity index (χ4v) is 4.35. The van der Waals surface area contributed by atoms with Crippen LogP contribution in [0.2, 0.25) is 5.02 Å². The van der Waals surface area contributed by atoms with Crippen molar-refractivity contribution in [2.24, 2.45) is 0 Å². The van der Waals surface area contributed by atoms with E-state index in [1.807, 2.05) is 25.7 Å². The predicted molar refractivity (Wildman–Crippen MR) is 132 cm³/mol. The van der Waals surface area contributed by atoms with Gasteiger partial charge in [-0.2, -0.15) is 13.2 Å². The summed E-state index contributed by atoms with van der Waals surface area (Å²) in [7, 11) is 0. The molecule has 36 heavy (non-hydrogen) atoms. The molecule has 0 N–H and O–H groups in total. The van der Waals surface area contributed by atoms with Gasteiger partial charge in [-0.05, 0) is 51.5 Å². The van der Waals surface area contributed by atoms with Crippen molar-refractivity contribution in [3.63, 3.8) is 0 Å². The lowest BCUT2D eigenvalue weighted by Gasteiger charge is -2.36. The molecule has 3 aromatic rings. The maximum Gasteiger partial charge on any atom is 0.410 e. The largest absolute Gasteiger partial charge is 0.444 e. The molecule has 4 rings (SSSR count). The minimum atomic E-state index is -4.38. The van der Waals surface area contributed by atoms with Crippen molar-refractivity contribution in [3.8, 4) is 11.3 Å². The molecule has 1 aliphatic rings. The van der Waals surface area contributed by atoms with Crippen molar-refractivity contribution in [1.82, 2.24) is 19.9 Å². The molecular formula is C25H27ClF3N5O2. The van der Waals surface area contributed by atoms with E-state index in [1.54, 1.807) is 30.0 Å². The monoisotopic (exact) mass is 521 g/mol. The van der Waals surface area contributed by atoms with Crippen molar-refractivity contribution in [2.75, 3.05) is 31.1 Å². The number of alkyl halides is 3. The zero-order chi connectivity index (χ0) is 26.3. The first-order valence-corrected chi connectivity index (χ1v) is 11.9. The van der Waals surface area contributed by atoms with Gasteiger partial charge in [-0.3, -0.25) is 4.98 Å². The van der Waals surface area contributed by atoms with E-state index in [9.17, 15) is 18.0 Å². The molecule has 7 nitrogen and oxygen atoms in total. The van der Waals surface area contributed by atoms with Crippen LogP contribution >= 0.6 is 11.6 Å². The van der Waals surface area contributed by atoms with Gasteiger partial charge in [0.25, 0.3) is 0 Å². The first-order chi connectivity index (χ1) is 16.8. The average molecular weight is 522 g/mol. The lowest BCUT2D eigenvalue weighted by Crippen LogP contribution is -2.50. The number of aryl methyl sites for hydroxylation is 1. The Morgan fingerprint density at radius 3 is 2.42 bits per heavy atom. The number of ether oxygens (including phenoxy) is 1. The highest BCUT2D eigenvalue weighted by Crippen LogP contribution is 2.37. The highest BCUT2D eigenvalue weighted by atomic mass is 35.5. The number of nitrogens with zero attached hydrogens (tertiary/aromatic N) is 5. The molecule has 0 unspecified atom stereocenters. The Morgan fingerprint density at radius 1 is 1.08 bits per heavy atom. The number of carbonyl (C=O) groups is 1. The third-order valence-corrected chi connectivity index (χ3v) is 6.01. The standard InChI is InChI=1S/C25H27ClF3N5O2/c1-15-5-6-16(13-25(27,28)29)21(32-15)17-12-20-18(11-19(17)26)22(31-14-30-20)33-7-9-34(10-8-33)23(35)36-24(2,3)4/h5-6,11-12,14H,7-10,13H2,1-4H3. The molecule has 0 saturated carbocycles. The van der Waals surface area contributed by atoms with E-state index in [-0.39, 0.29) is 22.4 Å². The summed E-state index contributed by atoms with van der Waals surface area (Å²) in [5.74, 6) is 0.644. The molecular weight excluding hydrogens is 495 g/mol. The van der Waals surface area contributed by atoms with Gasteiger partial charge in [0.1, 0.15) is 17.7 Å². The van der Waals surface area contributed by atoms with Crippen LogP contribution in [0, 0.1) is 6.92 Å². The van der Waals surface area contributed by atoms with Crippen LogP contribution in [0.15, 0.2) is 30.6 Å². The number of pyridine rings is 1. The third-order valence-electron chi connectivity index (χ3n) is 5.70. The Bertz CT molecular complexity index is 1290. The van der Waals surface area contributed by atoms with Crippen molar-refractivity contribution in [2.45, 2.75) is 45.9 Å². The zero-order valence-corrected chi connectivity index (χ0v) is 21.2. The van der Waals surface area contributed by atoms with Gasteiger partial charge in [0.15, 0.2) is 0 Å². The van der Waals surface area contributed by atoms with Gasteiger partial charge in [0.05, 0.1) is 22.7 Å². The number of amides is 1. The number of piperazine rings is 1. The van der Waals surface area contributed by atoms with E-state index in [2.05, 4.69) is 15.0 Å². The SMILES string of the molecule is Cc1ccc(CC(F)(F)F)c(-c2cc3ncnc(N4CCN(C(=O)OC(C)(C)C)CC4)c3cc2Cl)n1. The van der Waals surface area contributed by atoms with Gasteiger partial charge >= 0.3 is 12.3 Å². The number of anilines is 1. The van der Waals surface area contributed by atoms with Gasteiger partial charge < -0.3 is 14.5 Å². The third kappa shape index (κ3) is 5.98. The molecule has 0 atom stereocenters. The molecule has 0 aliphatic carbocycles. The van der Waals surface area contributed by atoms with Gasteiger partial charge in [-0.15, -0.1) is 0 Å². The fraction of sp³-hybridized carbons (Fsp3) is 0.440. The molecule has 0 bridgehead atoms. The molecule has 2 aromatic heterocycles. The Balaban J connectivity index is 1.64.